The van der Waals surface area contributed by atoms with Crippen LogP contribution in [0.2, 0.25) is 23.2 Å². The van der Waals surface area contributed by atoms with E-state index in [4.69, 9.17) is 13.6 Å². The lowest BCUT2D eigenvalue weighted by Crippen LogP contribution is -2.67. The summed E-state index contributed by atoms with van der Waals surface area (Å²) >= 11 is 0. The fourth-order valence-electron chi connectivity index (χ4n) is 5.17. The SMILES string of the molecule is C=C[C@H](O[Si](C)(C)C(C)(C)C)[C@@H]1[C@H](CO[Si](c2ccccc2)(c2ccccc2)C(C)(C)C)N1C(=O)OC(C)(C)C. The fraction of sp³-hybridized carbons (Fsp3) is 0.545. The van der Waals surface area contributed by atoms with Gasteiger partial charge in [0.15, 0.2) is 8.32 Å². The molecule has 0 radical (unpaired) electrons. The van der Waals surface area contributed by atoms with Gasteiger partial charge in [0.2, 0.25) is 0 Å². The average Bonchev–Trinajstić information content (AvgIpc) is 3.56. The minimum Gasteiger partial charge on any atom is -0.444 e. The Morgan fingerprint density at radius 1 is 0.875 bits per heavy atom. The van der Waals surface area contributed by atoms with Crippen LogP contribution in [0, 0.1) is 0 Å². The predicted octanol–water partition coefficient (Wildman–Crippen LogP) is 7.13. The summed E-state index contributed by atoms with van der Waals surface area (Å²) in [4.78, 5) is 15.3. The number of rotatable bonds is 9. The van der Waals surface area contributed by atoms with E-state index in [1.807, 2.05) is 43.9 Å². The van der Waals surface area contributed by atoms with Gasteiger partial charge in [0.25, 0.3) is 8.32 Å². The van der Waals surface area contributed by atoms with Crippen LogP contribution in [0.1, 0.15) is 62.3 Å². The molecule has 220 valence electrons. The van der Waals surface area contributed by atoms with Crippen LogP contribution in [-0.4, -0.2) is 58.0 Å². The molecule has 0 aromatic heterocycles. The Morgan fingerprint density at radius 2 is 1.35 bits per heavy atom. The second-order valence-corrected chi connectivity index (χ2v) is 23.6. The van der Waals surface area contributed by atoms with Gasteiger partial charge >= 0.3 is 6.09 Å². The number of benzene rings is 2. The standard InChI is InChI=1S/C33H51NO4Si2/c1-13-28(38-39(11,12)32(5,6)7)29-27(34(29)30(35)37-31(2,3)4)24-36-40(33(8,9)10,25-20-16-14-17-21-25)26-22-18-15-19-23-26/h13-23,27-29H,1,24H2,2-12H3/t27-,28-,29-,34?/m0/s1. The van der Waals surface area contributed by atoms with Gasteiger partial charge in [-0.15, -0.1) is 6.58 Å². The summed E-state index contributed by atoms with van der Waals surface area (Å²) in [7, 11) is -4.90. The third-order valence-electron chi connectivity index (χ3n) is 8.28. The fourth-order valence-corrected chi connectivity index (χ4v) is 11.0. The second kappa shape index (κ2) is 11.6. The molecule has 0 aliphatic carbocycles. The van der Waals surface area contributed by atoms with E-state index < -0.39 is 22.2 Å². The first-order valence-electron chi connectivity index (χ1n) is 14.4. The van der Waals surface area contributed by atoms with Crippen LogP contribution in [0.25, 0.3) is 0 Å². The van der Waals surface area contributed by atoms with Gasteiger partial charge in [-0.05, 0) is 54.3 Å². The molecule has 2 aromatic carbocycles. The molecule has 0 bridgehead atoms. The van der Waals surface area contributed by atoms with Crippen molar-refractivity contribution in [1.29, 1.82) is 0 Å². The topological polar surface area (TPSA) is 47.8 Å². The van der Waals surface area contributed by atoms with Gasteiger partial charge in [-0.25, -0.2) is 4.79 Å². The summed E-state index contributed by atoms with van der Waals surface area (Å²) in [5.41, 5.74) is -0.600. The molecular weight excluding hydrogens is 531 g/mol. The summed E-state index contributed by atoms with van der Waals surface area (Å²) in [5, 5.41) is 2.30. The molecule has 1 heterocycles. The van der Waals surface area contributed by atoms with Gasteiger partial charge in [-0.1, -0.05) is 108 Å². The average molecular weight is 582 g/mol. The third-order valence-corrected chi connectivity index (χ3v) is 17.8. The van der Waals surface area contributed by atoms with E-state index in [0.717, 1.165) is 0 Å². The van der Waals surface area contributed by atoms with Crippen molar-refractivity contribution in [3.05, 3.63) is 73.3 Å². The first-order valence-corrected chi connectivity index (χ1v) is 19.2. The highest BCUT2D eigenvalue weighted by molar-refractivity contribution is 6.99. The van der Waals surface area contributed by atoms with Crippen molar-refractivity contribution in [3.8, 4) is 0 Å². The van der Waals surface area contributed by atoms with Gasteiger partial charge in [0.1, 0.15) is 5.60 Å². The van der Waals surface area contributed by atoms with E-state index in [2.05, 4.69) is 110 Å². The Bertz CT molecular complexity index is 1110. The number of carbonyl (C=O) groups excluding carboxylic acids is 1. The van der Waals surface area contributed by atoms with Crippen molar-refractivity contribution in [3.63, 3.8) is 0 Å². The number of hydrogen-bond acceptors (Lipinski definition) is 4. The Kier molecular flexibility index (Phi) is 9.36. The molecule has 1 aliphatic rings. The maximum absolute atomic E-state index is 13.5. The Balaban J connectivity index is 2.02. The van der Waals surface area contributed by atoms with Crippen molar-refractivity contribution in [1.82, 2.24) is 4.90 Å². The van der Waals surface area contributed by atoms with Crippen molar-refractivity contribution in [2.24, 2.45) is 0 Å². The van der Waals surface area contributed by atoms with Gasteiger partial charge in [-0.2, -0.15) is 0 Å². The van der Waals surface area contributed by atoms with Crippen LogP contribution in [0.15, 0.2) is 73.3 Å². The molecule has 0 saturated carbocycles. The zero-order valence-corrected chi connectivity index (χ0v) is 28.6. The van der Waals surface area contributed by atoms with Gasteiger partial charge in [0.05, 0.1) is 24.8 Å². The van der Waals surface area contributed by atoms with Crippen LogP contribution in [-0.2, 0) is 13.6 Å². The first kappa shape index (κ1) is 32.3. The molecule has 5 nitrogen and oxygen atoms in total. The van der Waals surface area contributed by atoms with Crippen LogP contribution in [0.4, 0.5) is 4.79 Å². The molecule has 40 heavy (non-hydrogen) atoms. The van der Waals surface area contributed by atoms with Crippen molar-refractivity contribution >= 4 is 33.1 Å². The Hall–Kier alpha value is -2.20. The van der Waals surface area contributed by atoms with Gasteiger partial charge < -0.3 is 13.6 Å². The van der Waals surface area contributed by atoms with Crippen LogP contribution in [0.5, 0.6) is 0 Å². The number of carbonyl (C=O) groups is 1. The molecular formula is C33H51NO4Si2. The number of amides is 1. The van der Waals surface area contributed by atoms with Crippen LogP contribution >= 0.6 is 0 Å². The van der Waals surface area contributed by atoms with E-state index in [9.17, 15) is 4.79 Å². The zero-order valence-electron chi connectivity index (χ0n) is 26.6. The van der Waals surface area contributed by atoms with E-state index >= 15 is 0 Å². The lowest BCUT2D eigenvalue weighted by molar-refractivity contribution is 0.0365. The van der Waals surface area contributed by atoms with Crippen LogP contribution in [0.3, 0.4) is 0 Å². The highest BCUT2D eigenvalue weighted by Gasteiger charge is 2.60. The highest BCUT2D eigenvalue weighted by atomic mass is 28.4. The van der Waals surface area contributed by atoms with E-state index in [1.165, 1.54) is 10.4 Å². The maximum atomic E-state index is 13.5. The molecule has 3 rings (SSSR count). The maximum Gasteiger partial charge on any atom is 0.411 e. The molecule has 1 saturated heterocycles. The van der Waals surface area contributed by atoms with E-state index in [-0.39, 0.29) is 34.4 Å². The summed E-state index contributed by atoms with van der Waals surface area (Å²) in [6.45, 7) is 28.1. The van der Waals surface area contributed by atoms with E-state index in [1.54, 1.807) is 0 Å². The predicted molar refractivity (Wildman–Crippen MR) is 171 cm³/mol. The zero-order chi connectivity index (χ0) is 30.1. The molecule has 0 spiro atoms. The summed E-state index contributed by atoms with van der Waals surface area (Å²) in [6.07, 6.45) is 1.21. The van der Waals surface area contributed by atoms with Crippen molar-refractivity contribution < 1.29 is 18.4 Å². The molecule has 1 amide bonds. The largest absolute Gasteiger partial charge is 0.444 e. The normalized spacial score (nSPS) is 19.2. The molecule has 7 heteroatoms. The molecule has 3 atom stereocenters. The monoisotopic (exact) mass is 581 g/mol. The second-order valence-electron chi connectivity index (χ2n) is 14.5. The molecule has 1 aliphatic heterocycles. The van der Waals surface area contributed by atoms with Gasteiger partial charge in [0, 0.05) is 0 Å². The highest BCUT2D eigenvalue weighted by Crippen LogP contribution is 2.43. The molecule has 2 aromatic rings. The summed E-state index contributed by atoms with van der Waals surface area (Å²) < 4.78 is 19.9. The smallest absolute Gasteiger partial charge is 0.411 e. The lowest BCUT2D eigenvalue weighted by atomic mass is 10.2. The van der Waals surface area contributed by atoms with Crippen molar-refractivity contribution in [2.45, 2.75) is 109 Å². The molecule has 0 unspecified atom stereocenters. The van der Waals surface area contributed by atoms with E-state index in [0.29, 0.717) is 6.61 Å². The van der Waals surface area contributed by atoms with Crippen molar-refractivity contribution in [2.75, 3.05) is 6.61 Å². The first-order chi connectivity index (χ1) is 18.4. The van der Waals surface area contributed by atoms with Crippen LogP contribution < -0.4 is 10.4 Å². The summed E-state index contributed by atoms with van der Waals surface area (Å²) in [5.74, 6) is 0. The lowest BCUT2D eigenvalue weighted by Gasteiger charge is -2.43. The number of hydrogen-bond donors (Lipinski definition) is 0. The molecule has 0 N–H and O–H groups in total. The minimum atomic E-state index is -2.77. The quantitative estimate of drug-likeness (QED) is 0.180. The third kappa shape index (κ3) is 6.81. The Morgan fingerprint density at radius 3 is 1.73 bits per heavy atom. The molecule has 1 fully saturated rings. The Labute approximate surface area is 245 Å². The number of ether oxygens (including phenoxy) is 1. The minimum absolute atomic E-state index is 0.0286. The number of nitrogens with zero attached hydrogens (tertiary/aromatic N) is 1. The summed E-state index contributed by atoms with van der Waals surface area (Å²) in [6, 6.07) is 20.8. The van der Waals surface area contributed by atoms with Gasteiger partial charge in [-0.3, -0.25) is 4.90 Å².